The molecule has 7 nitrogen and oxygen atoms in total. The van der Waals surface area contributed by atoms with Gasteiger partial charge >= 0.3 is 5.97 Å². The maximum atomic E-state index is 12.3. The van der Waals surface area contributed by atoms with Gasteiger partial charge in [-0.25, -0.2) is 0 Å². The molecule has 0 radical (unpaired) electrons. The van der Waals surface area contributed by atoms with Crippen molar-refractivity contribution in [2.24, 2.45) is 5.92 Å². The van der Waals surface area contributed by atoms with Crippen LogP contribution in [0.2, 0.25) is 0 Å². The molecule has 1 aliphatic rings. The summed E-state index contributed by atoms with van der Waals surface area (Å²) >= 11 is 1.26. The standard InChI is InChI=1S/C18H24N2O5S/c21-16(12-25-15-6-2-1-3-7-15)20-9-4-5-14(11-20)18(24)19-8-10-26-13-17(22)23/h1-3,6-7,14H,4-5,8-13H2,(H,19,24)(H,22,23). The number of carbonyl (C=O) groups excluding carboxylic acids is 2. The predicted molar refractivity (Wildman–Crippen MR) is 99.2 cm³/mol. The van der Waals surface area contributed by atoms with E-state index in [0.717, 1.165) is 12.8 Å². The molecule has 1 aromatic rings. The third-order valence-electron chi connectivity index (χ3n) is 4.02. The van der Waals surface area contributed by atoms with Crippen LogP contribution in [-0.2, 0) is 14.4 Å². The Morgan fingerprint density at radius 1 is 1.27 bits per heavy atom. The minimum Gasteiger partial charge on any atom is -0.484 e. The highest BCUT2D eigenvalue weighted by Crippen LogP contribution is 2.17. The Labute approximate surface area is 157 Å². The molecule has 1 unspecified atom stereocenters. The van der Waals surface area contributed by atoms with Gasteiger partial charge in [0.15, 0.2) is 6.61 Å². The van der Waals surface area contributed by atoms with E-state index in [9.17, 15) is 14.4 Å². The van der Waals surface area contributed by atoms with Gasteiger partial charge in [-0.2, -0.15) is 0 Å². The average molecular weight is 380 g/mol. The number of aliphatic carboxylic acids is 1. The fourth-order valence-corrected chi connectivity index (χ4v) is 3.29. The lowest BCUT2D eigenvalue weighted by Gasteiger charge is -2.32. The molecule has 1 aromatic carbocycles. The summed E-state index contributed by atoms with van der Waals surface area (Å²) in [5.74, 6) is -0.0624. The predicted octanol–water partition coefficient (Wildman–Crippen LogP) is 1.24. The molecule has 0 bridgehead atoms. The van der Waals surface area contributed by atoms with Gasteiger partial charge in [0.05, 0.1) is 11.7 Å². The van der Waals surface area contributed by atoms with Gasteiger partial charge in [0.1, 0.15) is 5.75 Å². The topological polar surface area (TPSA) is 95.9 Å². The lowest BCUT2D eigenvalue weighted by molar-refractivity contribution is -0.137. The number of carboxylic acid groups (broad SMARTS) is 1. The lowest BCUT2D eigenvalue weighted by atomic mass is 9.97. The van der Waals surface area contributed by atoms with Gasteiger partial charge in [-0.3, -0.25) is 14.4 Å². The Morgan fingerprint density at radius 2 is 2.04 bits per heavy atom. The lowest BCUT2D eigenvalue weighted by Crippen LogP contribution is -2.47. The number of carboxylic acids is 1. The highest BCUT2D eigenvalue weighted by molar-refractivity contribution is 7.99. The van der Waals surface area contributed by atoms with Crippen LogP contribution in [0.1, 0.15) is 12.8 Å². The Hall–Kier alpha value is -2.22. The molecule has 1 atom stereocenters. The van der Waals surface area contributed by atoms with Crippen molar-refractivity contribution in [1.82, 2.24) is 10.2 Å². The molecule has 1 aliphatic heterocycles. The van der Waals surface area contributed by atoms with Crippen LogP contribution in [-0.4, -0.2) is 65.5 Å². The van der Waals surface area contributed by atoms with Crippen molar-refractivity contribution in [1.29, 1.82) is 0 Å². The third kappa shape index (κ3) is 6.95. The summed E-state index contributed by atoms with van der Waals surface area (Å²) < 4.78 is 5.49. The fraction of sp³-hybridized carbons (Fsp3) is 0.500. The van der Waals surface area contributed by atoms with Crippen LogP contribution in [0.25, 0.3) is 0 Å². The van der Waals surface area contributed by atoms with Crippen molar-refractivity contribution in [2.45, 2.75) is 12.8 Å². The van der Waals surface area contributed by atoms with Crippen molar-refractivity contribution in [3.8, 4) is 5.75 Å². The maximum absolute atomic E-state index is 12.3. The molecular formula is C18H24N2O5S. The van der Waals surface area contributed by atoms with Crippen molar-refractivity contribution in [3.63, 3.8) is 0 Å². The molecule has 2 rings (SSSR count). The molecule has 1 fully saturated rings. The zero-order chi connectivity index (χ0) is 18.8. The van der Waals surface area contributed by atoms with Crippen molar-refractivity contribution in [3.05, 3.63) is 30.3 Å². The summed E-state index contributed by atoms with van der Waals surface area (Å²) in [6.07, 6.45) is 1.53. The molecule has 0 saturated carbocycles. The molecule has 26 heavy (non-hydrogen) atoms. The second-order valence-electron chi connectivity index (χ2n) is 6.02. The average Bonchev–Trinajstić information content (AvgIpc) is 2.66. The normalized spacial score (nSPS) is 16.8. The minimum atomic E-state index is -0.861. The summed E-state index contributed by atoms with van der Waals surface area (Å²) in [6.45, 7) is 1.42. The van der Waals surface area contributed by atoms with E-state index in [-0.39, 0.29) is 30.1 Å². The Kier molecular flexibility index (Phi) is 8.27. The monoisotopic (exact) mass is 380 g/mol. The smallest absolute Gasteiger partial charge is 0.313 e. The molecule has 1 saturated heterocycles. The molecular weight excluding hydrogens is 356 g/mol. The third-order valence-corrected chi connectivity index (χ3v) is 4.97. The molecule has 0 aromatic heterocycles. The van der Waals surface area contributed by atoms with Crippen LogP contribution >= 0.6 is 11.8 Å². The number of ether oxygens (including phenoxy) is 1. The van der Waals surface area contributed by atoms with E-state index in [1.165, 1.54) is 11.8 Å². The Balaban J connectivity index is 1.70. The minimum absolute atomic E-state index is 0.0307. The van der Waals surface area contributed by atoms with E-state index in [4.69, 9.17) is 9.84 Å². The number of thioether (sulfide) groups is 1. The highest BCUT2D eigenvalue weighted by Gasteiger charge is 2.28. The van der Waals surface area contributed by atoms with Crippen molar-refractivity contribution >= 4 is 29.5 Å². The van der Waals surface area contributed by atoms with Crippen LogP contribution in [0.3, 0.4) is 0 Å². The number of rotatable bonds is 9. The Bertz CT molecular complexity index is 611. The number of hydrogen-bond donors (Lipinski definition) is 2. The first-order valence-electron chi connectivity index (χ1n) is 8.59. The molecule has 2 amide bonds. The van der Waals surface area contributed by atoms with Gasteiger partial charge in [0.25, 0.3) is 5.91 Å². The van der Waals surface area contributed by atoms with E-state index in [1.54, 1.807) is 17.0 Å². The summed E-state index contributed by atoms with van der Waals surface area (Å²) in [4.78, 5) is 36.7. The molecule has 1 heterocycles. The molecule has 0 aliphatic carbocycles. The van der Waals surface area contributed by atoms with Crippen LogP contribution in [0.5, 0.6) is 5.75 Å². The fourth-order valence-electron chi connectivity index (χ4n) is 2.72. The van der Waals surface area contributed by atoms with Gasteiger partial charge in [0.2, 0.25) is 5.91 Å². The number of piperidine rings is 1. The number of amides is 2. The molecule has 8 heteroatoms. The SMILES string of the molecule is O=C(O)CSCCNC(=O)C1CCCN(C(=O)COc2ccccc2)C1. The number of hydrogen-bond acceptors (Lipinski definition) is 5. The second-order valence-corrected chi connectivity index (χ2v) is 7.12. The van der Waals surface area contributed by atoms with Gasteiger partial charge < -0.3 is 20.1 Å². The van der Waals surface area contributed by atoms with Gasteiger partial charge in [0, 0.05) is 25.4 Å². The van der Waals surface area contributed by atoms with Crippen LogP contribution in [0, 0.1) is 5.92 Å². The number of carbonyl (C=O) groups is 3. The summed E-state index contributed by atoms with van der Waals surface area (Å²) in [5, 5.41) is 11.4. The zero-order valence-electron chi connectivity index (χ0n) is 14.6. The summed E-state index contributed by atoms with van der Waals surface area (Å²) in [6, 6.07) is 9.15. The zero-order valence-corrected chi connectivity index (χ0v) is 15.4. The van der Waals surface area contributed by atoms with Crippen molar-refractivity contribution < 1.29 is 24.2 Å². The first-order chi connectivity index (χ1) is 12.6. The second kappa shape index (κ2) is 10.7. The van der Waals surface area contributed by atoms with E-state index in [2.05, 4.69) is 5.32 Å². The number of nitrogens with one attached hydrogen (secondary N) is 1. The van der Waals surface area contributed by atoms with Crippen molar-refractivity contribution in [2.75, 3.05) is 37.7 Å². The van der Waals surface area contributed by atoms with E-state index in [1.807, 2.05) is 18.2 Å². The van der Waals surface area contributed by atoms with E-state index >= 15 is 0 Å². The molecule has 2 N–H and O–H groups in total. The molecule has 0 spiro atoms. The van der Waals surface area contributed by atoms with Gasteiger partial charge in [-0.15, -0.1) is 11.8 Å². The summed E-state index contributed by atoms with van der Waals surface area (Å²) in [7, 11) is 0. The quantitative estimate of drug-likeness (QED) is 0.626. The first kappa shape index (κ1) is 20.1. The highest BCUT2D eigenvalue weighted by atomic mass is 32.2. The number of benzene rings is 1. The van der Waals surface area contributed by atoms with E-state index in [0.29, 0.717) is 31.1 Å². The number of likely N-dealkylation sites (tertiary alicyclic amines) is 1. The van der Waals surface area contributed by atoms with E-state index < -0.39 is 5.97 Å². The van der Waals surface area contributed by atoms with Gasteiger partial charge in [-0.05, 0) is 25.0 Å². The van der Waals surface area contributed by atoms with Crippen LogP contribution in [0.4, 0.5) is 0 Å². The number of nitrogens with zero attached hydrogens (tertiary/aromatic N) is 1. The Morgan fingerprint density at radius 3 is 2.77 bits per heavy atom. The van der Waals surface area contributed by atoms with Crippen LogP contribution in [0.15, 0.2) is 30.3 Å². The van der Waals surface area contributed by atoms with Gasteiger partial charge in [-0.1, -0.05) is 18.2 Å². The van der Waals surface area contributed by atoms with Crippen LogP contribution < -0.4 is 10.1 Å². The molecule has 142 valence electrons. The number of para-hydroxylation sites is 1. The first-order valence-corrected chi connectivity index (χ1v) is 9.74. The maximum Gasteiger partial charge on any atom is 0.313 e. The summed E-state index contributed by atoms with van der Waals surface area (Å²) in [5.41, 5.74) is 0. The largest absolute Gasteiger partial charge is 0.484 e.